The van der Waals surface area contributed by atoms with Crippen LogP contribution in [0.1, 0.15) is 44.7 Å². The molecule has 0 fully saturated rings. The Kier molecular flexibility index (Phi) is 3.70. The van der Waals surface area contributed by atoms with E-state index in [1.807, 2.05) is 0 Å². The SMILES string of the molecule is BC(B)(c1ccc(C(C)C)cc1)C(C)C. The molecule has 0 radical (unpaired) electrons. The lowest BCUT2D eigenvalue weighted by molar-refractivity contribution is 0.570. The van der Waals surface area contributed by atoms with Crippen LogP contribution in [0.5, 0.6) is 0 Å². The van der Waals surface area contributed by atoms with E-state index < -0.39 is 0 Å². The second-order valence-electron chi connectivity index (χ2n) is 5.65. The van der Waals surface area contributed by atoms with E-state index in [2.05, 4.69) is 67.7 Å². The van der Waals surface area contributed by atoms with Gasteiger partial charge in [0.1, 0.15) is 15.7 Å². The van der Waals surface area contributed by atoms with E-state index in [4.69, 9.17) is 0 Å². The highest BCUT2D eigenvalue weighted by Crippen LogP contribution is 2.26. The lowest BCUT2D eigenvalue weighted by Gasteiger charge is -2.30. The molecular weight excluding hydrogens is 178 g/mol. The molecule has 15 heavy (non-hydrogen) atoms. The van der Waals surface area contributed by atoms with Gasteiger partial charge in [-0.25, -0.2) is 0 Å². The van der Waals surface area contributed by atoms with Gasteiger partial charge in [0.05, 0.1) is 0 Å². The molecule has 1 aromatic rings. The first-order chi connectivity index (χ1) is 6.85. The summed E-state index contributed by atoms with van der Waals surface area (Å²) in [4.78, 5) is 0. The van der Waals surface area contributed by atoms with Gasteiger partial charge in [-0.2, -0.15) is 0 Å². The van der Waals surface area contributed by atoms with Gasteiger partial charge in [0.15, 0.2) is 0 Å². The fourth-order valence-electron chi connectivity index (χ4n) is 1.63. The summed E-state index contributed by atoms with van der Waals surface area (Å²) in [6.45, 7) is 9.05. The molecule has 0 N–H and O–H groups in total. The van der Waals surface area contributed by atoms with Crippen molar-refractivity contribution in [2.24, 2.45) is 5.92 Å². The van der Waals surface area contributed by atoms with Crippen molar-refractivity contribution < 1.29 is 0 Å². The molecule has 0 atom stereocenters. The highest BCUT2D eigenvalue weighted by molar-refractivity contribution is 6.40. The summed E-state index contributed by atoms with van der Waals surface area (Å²) >= 11 is 0. The summed E-state index contributed by atoms with van der Waals surface area (Å²) in [6, 6.07) is 9.11. The molecule has 2 heteroatoms. The minimum Gasteiger partial charge on any atom is -0.0633 e. The molecule has 0 aliphatic carbocycles. The van der Waals surface area contributed by atoms with Crippen LogP contribution in [0.25, 0.3) is 0 Å². The molecule has 0 saturated carbocycles. The molecule has 0 amide bonds. The summed E-state index contributed by atoms with van der Waals surface area (Å²) in [5.74, 6) is 1.30. The Bertz CT molecular complexity index is 310. The predicted molar refractivity (Wildman–Crippen MR) is 74.1 cm³/mol. The van der Waals surface area contributed by atoms with E-state index in [1.165, 1.54) is 11.1 Å². The van der Waals surface area contributed by atoms with Crippen molar-refractivity contribution >= 4 is 15.7 Å². The Balaban J connectivity index is 2.98. The van der Waals surface area contributed by atoms with Crippen molar-refractivity contribution in [1.82, 2.24) is 0 Å². The summed E-state index contributed by atoms with van der Waals surface area (Å²) < 4.78 is 0. The lowest BCUT2D eigenvalue weighted by atomic mass is 9.46. The van der Waals surface area contributed by atoms with Crippen molar-refractivity contribution in [3.05, 3.63) is 35.4 Å². The molecule has 0 bridgehead atoms. The fraction of sp³-hybridized carbons (Fsp3) is 0.538. The Labute approximate surface area is 96.3 Å². The highest BCUT2D eigenvalue weighted by Gasteiger charge is 2.24. The smallest absolute Gasteiger partial charge is 0.0633 e. The minimum absolute atomic E-state index is 0.273. The van der Waals surface area contributed by atoms with Crippen LogP contribution in [0.2, 0.25) is 0 Å². The maximum Gasteiger partial charge on any atom is 0.105 e. The van der Waals surface area contributed by atoms with Crippen molar-refractivity contribution in [1.29, 1.82) is 0 Å². The van der Waals surface area contributed by atoms with Crippen LogP contribution in [0.15, 0.2) is 24.3 Å². The first-order valence-electron chi connectivity index (χ1n) is 5.96. The molecular formula is C13H22B2. The molecule has 0 aliphatic heterocycles. The first kappa shape index (κ1) is 12.4. The van der Waals surface area contributed by atoms with Crippen LogP contribution < -0.4 is 0 Å². The second-order valence-corrected chi connectivity index (χ2v) is 5.65. The third-order valence-electron chi connectivity index (χ3n) is 3.76. The molecule has 1 aromatic carbocycles. The van der Waals surface area contributed by atoms with Crippen molar-refractivity contribution in [2.75, 3.05) is 0 Å². The molecule has 1 rings (SSSR count). The number of benzene rings is 1. The van der Waals surface area contributed by atoms with Crippen molar-refractivity contribution in [3.63, 3.8) is 0 Å². The zero-order chi connectivity index (χ0) is 11.6. The Hall–Kier alpha value is -0.650. The van der Waals surface area contributed by atoms with Crippen LogP contribution >= 0.6 is 0 Å². The van der Waals surface area contributed by atoms with E-state index in [1.54, 1.807) is 0 Å². The largest absolute Gasteiger partial charge is 0.105 e. The van der Waals surface area contributed by atoms with Gasteiger partial charge in [0.25, 0.3) is 0 Å². The van der Waals surface area contributed by atoms with Crippen LogP contribution in [0.4, 0.5) is 0 Å². The average Bonchev–Trinajstić information content (AvgIpc) is 2.17. The molecule has 80 valence electrons. The van der Waals surface area contributed by atoms with Crippen molar-refractivity contribution in [3.8, 4) is 0 Å². The van der Waals surface area contributed by atoms with Gasteiger partial charge in [0, 0.05) is 0 Å². The fourth-order valence-corrected chi connectivity index (χ4v) is 1.63. The Morgan fingerprint density at radius 3 is 1.73 bits per heavy atom. The molecule has 0 nitrogen and oxygen atoms in total. The Morgan fingerprint density at radius 2 is 1.40 bits per heavy atom. The molecule has 0 saturated heterocycles. The maximum absolute atomic E-state index is 2.32. The number of hydrogen-bond acceptors (Lipinski definition) is 0. The van der Waals surface area contributed by atoms with Crippen LogP contribution in [-0.2, 0) is 5.21 Å². The predicted octanol–water partition coefficient (Wildman–Crippen LogP) is 1.89. The van der Waals surface area contributed by atoms with E-state index >= 15 is 0 Å². The third-order valence-corrected chi connectivity index (χ3v) is 3.76. The van der Waals surface area contributed by atoms with E-state index in [-0.39, 0.29) is 5.21 Å². The number of hydrogen-bond donors (Lipinski definition) is 0. The second kappa shape index (κ2) is 4.47. The summed E-state index contributed by atoms with van der Waals surface area (Å²) in [5, 5.41) is 0.273. The quantitative estimate of drug-likeness (QED) is 0.653. The average molecular weight is 200 g/mol. The van der Waals surface area contributed by atoms with E-state index in [9.17, 15) is 0 Å². The first-order valence-corrected chi connectivity index (χ1v) is 5.96. The molecule has 0 aromatic heterocycles. The normalized spacial score (nSPS) is 12.4. The molecule has 0 heterocycles. The summed E-state index contributed by atoms with van der Waals surface area (Å²) in [7, 11) is 4.64. The lowest BCUT2D eigenvalue weighted by Crippen LogP contribution is -2.33. The van der Waals surface area contributed by atoms with Gasteiger partial charge in [-0.1, -0.05) is 68.7 Å². The standard InChI is InChI=1S/C13H22B2/c1-9(2)11-5-7-12(8-6-11)13(14,15)10(3)4/h5-10H,14-15H2,1-4H3. The van der Waals surface area contributed by atoms with Crippen molar-refractivity contribution in [2.45, 2.75) is 38.8 Å². The van der Waals surface area contributed by atoms with Crippen LogP contribution in [0.3, 0.4) is 0 Å². The minimum atomic E-state index is 0.273. The van der Waals surface area contributed by atoms with Crippen LogP contribution in [0, 0.1) is 5.92 Å². The van der Waals surface area contributed by atoms with E-state index in [0.29, 0.717) is 11.8 Å². The topological polar surface area (TPSA) is 0 Å². The van der Waals surface area contributed by atoms with Gasteiger partial charge in [-0.15, -0.1) is 0 Å². The van der Waals surface area contributed by atoms with Gasteiger partial charge in [-0.3, -0.25) is 0 Å². The number of rotatable bonds is 3. The summed E-state index contributed by atoms with van der Waals surface area (Å²) in [6.07, 6.45) is 0. The molecule has 0 spiro atoms. The van der Waals surface area contributed by atoms with Gasteiger partial charge >= 0.3 is 0 Å². The zero-order valence-electron chi connectivity index (χ0n) is 11.0. The molecule has 0 aliphatic rings. The van der Waals surface area contributed by atoms with Gasteiger partial charge < -0.3 is 0 Å². The van der Waals surface area contributed by atoms with Gasteiger partial charge in [0.2, 0.25) is 0 Å². The summed E-state index contributed by atoms with van der Waals surface area (Å²) in [5.41, 5.74) is 2.88. The maximum atomic E-state index is 2.32. The van der Waals surface area contributed by atoms with E-state index in [0.717, 1.165) is 0 Å². The zero-order valence-corrected chi connectivity index (χ0v) is 11.0. The Morgan fingerprint density at radius 1 is 0.933 bits per heavy atom. The van der Waals surface area contributed by atoms with Gasteiger partial charge in [-0.05, 0) is 11.5 Å². The van der Waals surface area contributed by atoms with Crippen LogP contribution in [-0.4, -0.2) is 15.7 Å². The highest BCUT2D eigenvalue weighted by atomic mass is 14.2. The third kappa shape index (κ3) is 2.68. The monoisotopic (exact) mass is 200 g/mol. The molecule has 0 unspecified atom stereocenters.